The molecule has 4 N–H and O–H groups in total. The third kappa shape index (κ3) is 4.12. The Kier molecular flexibility index (Phi) is 4.68. The number of nitrogens with two attached hydrogens (primary N) is 1. The number of fused-ring (bicyclic) bond motifs is 1. The quantitative estimate of drug-likeness (QED) is 0.332. The minimum atomic E-state index is 0.153. The molecule has 0 radical (unpaired) electrons. The highest BCUT2D eigenvalue weighted by Crippen LogP contribution is 2.35. The second-order valence-corrected chi connectivity index (χ2v) is 8.77. The molecule has 3 aromatic rings. The van der Waals surface area contributed by atoms with E-state index in [1.807, 2.05) is 36.0 Å². The van der Waals surface area contributed by atoms with E-state index in [0.29, 0.717) is 11.3 Å². The summed E-state index contributed by atoms with van der Waals surface area (Å²) in [6, 6.07) is 13.9. The van der Waals surface area contributed by atoms with Crippen LogP contribution in [-0.4, -0.2) is 15.9 Å². The lowest BCUT2D eigenvalue weighted by molar-refractivity contribution is 0.803. The van der Waals surface area contributed by atoms with Crippen LogP contribution in [0.3, 0.4) is 0 Å². The van der Waals surface area contributed by atoms with Crippen LogP contribution in [0.25, 0.3) is 10.9 Å². The lowest BCUT2D eigenvalue weighted by Crippen LogP contribution is -2.06. The SMILES string of the molecule is CC(C)(C)Sc1ccc2nccc(Nc3ccc(C=N)c(N)c3)c2c1. The first kappa shape index (κ1) is 17.3. The Morgan fingerprint density at radius 2 is 1.92 bits per heavy atom. The molecule has 0 fully saturated rings. The second-order valence-electron chi connectivity index (χ2n) is 6.86. The van der Waals surface area contributed by atoms with Crippen molar-refractivity contribution in [2.45, 2.75) is 30.4 Å². The van der Waals surface area contributed by atoms with Gasteiger partial charge in [-0.2, -0.15) is 0 Å². The number of hydrogen-bond acceptors (Lipinski definition) is 5. The van der Waals surface area contributed by atoms with E-state index < -0.39 is 0 Å². The standard InChI is InChI=1S/C20H22N4S/c1-20(2,3)25-15-6-7-18-16(11-15)19(8-9-23-18)24-14-5-4-13(12-21)17(22)10-14/h4-12,21H,22H2,1-3H3,(H,23,24). The average Bonchev–Trinajstić information content (AvgIpc) is 2.54. The van der Waals surface area contributed by atoms with Crippen molar-refractivity contribution in [2.24, 2.45) is 0 Å². The van der Waals surface area contributed by atoms with Gasteiger partial charge in [0.05, 0.1) is 5.52 Å². The van der Waals surface area contributed by atoms with E-state index >= 15 is 0 Å². The predicted molar refractivity (Wildman–Crippen MR) is 109 cm³/mol. The molecule has 0 aliphatic rings. The number of nitrogens with zero attached hydrogens (tertiary/aromatic N) is 1. The summed E-state index contributed by atoms with van der Waals surface area (Å²) in [5, 5.41) is 11.8. The van der Waals surface area contributed by atoms with Crippen molar-refractivity contribution >= 4 is 45.9 Å². The summed E-state index contributed by atoms with van der Waals surface area (Å²) in [5.74, 6) is 0. The molecular weight excluding hydrogens is 328 g/mol. The Bertz CT molecular complexity index is 929. The van der Waals surface area contributed by atoms with Gasteiger partial charge in [-0.15, -0.1) is 11.8 Å². The minimum Gasteiger partial charge on any atom is -0.398 e. The molecule has 4 nitrogen and oxygen atoms in total. The number of pyridine rings is 1. The fourth-order valence-electron chi connectivity index (χ4n) is 2.59. The Labute approximate surface area is 152 Å². The molecule has 0 bridgehead atoms. The van der Waals surface area contributed by atoms with Crippen LogP contribution in [0.4, 0.5) is 17.1 Å². The molecule has 5 heteroatoms. The number of anilines is 3. The van der Waals surface area contributed by atoms with Crippen LogP contribution >= 0.6 is 11.8 Å². The highest BCUT2D eigenvalue weighted by molar-refractivity contribution is 8.00. The zero-order valence-corrected chi connectivity index (χ0v) is 15.4. The first-order valence-electron chi connectivity index (χ1n) is 8.10. The third-order valence-electron chi connectivity index (χ3n) is 3.66. The highest BCUT2D eigenvalue weighted by Gasteiger charge is 2.13. The number of thioether (sulfide) groups is 1. The van der Waals surface area contributed by atoms with Crippen LogP contribution in [0.5, 0.6) is 0 Å². The van der Waals surface area contributed by atoms with Gasteiger partial charge in [-0.05, 0) is 42.5 Å². The molecule has 1 aromatic heterocycles. The summed E-state index contributed by atoms with van der Waals surface area (Å²) in [7, 11) is 0. The van der Waals surface area contributed by atoms with Gasteiger partial charge >= 0.3 is 0 Å². The summed E-state index contributed by atoms with van der Waals surface area (Å²) >= 11 is 1.84. The van der Waals surface area contributed by atoms with Crippen molar-refractivity contribution < 1.29 is 0 Å². The largest absolute Gasteiger partial charge is 0.398 e. The van der Waals surface area contributed by atoms with Gasteiger partial charge in [0.2, 0.25) is 0 Å². The van der Waals surface area contributed by atoms with Gasteiger partial charge in [-0.25, -0.2) is 0 Å². The van der Waals surface area contributed by atoms with Gasteiger partial charge in [-0.3, -0.25) is 4.98 Å². The van der Waals surface area contributed by atoms with Crippen LogP contribution in [-0.2, 0) is 0 Å². The van der Waals surface area contributed by atoms with Crippen molar-refractivity contribution in [3.8, 4) is 0 Å². The zero-order valence-electron chi connectivity index (χ0n) is 14.6. The molecule has 0 aliphatic heterocycles. The van der Waals surface area contributed by atoms with Gasteiger partial charge in [0.15, 0.2) is 0 Å². The maximum absolute atomic E-state index is 7.34. The van der Waals surface area contributed by atoms with Crippen LogP contribution in [0.1, 0.15) is 26.3 Å². The van der Waals surface area contributed by atoms with Gasteiger partial charge < -0.3 is 16.5 Å². The summed E-state index contributed by atoms with van der Waals surface area (Å²) in [6.45, 7) is 6.62. The maximum Gasteiger partial charge on any atom is 0.0723 e. The Hall–Kier alpha value is -2.53. The lowest BCUT2D eigenvalue weighted by atomic mass is 10.1. The van der Waals surface area contributed by atoms with Crippen molar-refractivity contribution in [1.82, 2.24) is 4.98 Å². The van der Waals surface area contributed by atoms with E-state index in [2.05, 4.69) is 49.3 Å². The van der Waals surface area contributed by atoms with Crippen molar-refractivity contribution in [3.63, 3.8) is 0 Å². The van der Waals surface area contributed by atoms with Gasteiger partial charge in [0.25, 0.3) is 0 Å². The van der Waals surface area contributed by atoms with Crippen LogP contribution in [0.15, 0.2) is 53.6 Å². The number of hydrogen-bond donors (Lipinski definition) is 3. The normalized spacial score (nSPS) is 11.5. The molecule has 1 heterocycles. The highest BCUT2D eigenvalue weighted by atomic mass is 32.2. The molecule has 0 amide bonds. The van der Waals surface area contributed by atoms with E-state index in [-0.39, 0.29) is 4.75 Å². The van der Waals surface area contributed by atoms with Crippen molar-refractivity contribution in [2.75, 3.05) is 11.1 Å². The third-order valence-corrected chi connectivity index (χ3v) is 4.76. The van der Waals surface area contributed by atoms with Gasteiger partial charge in [-0.1, -0.05) is 20.8 Å². The predicted octanol–water partition coefficient (Wildman–Crippen LogP) is 5.45. The van der Waals surface area contributed by atoms with Crippen molar-refractivity contribution in [1.29, 1.82) is 5.41 Å². The summed E-state index contributed by atoms with van der Waals surface area (Å²) in [6.07, 6.45) is 3.06. The molecule has 0 saturated carbocycles. The Balaban J connectivity index is 1.99. The van der Waals surface area contributed by atoms with E-state index in [1.165, 1.54) is 11.1 Å². The fourth-order valence-corrected chi connectivity index (χ4v) is 3.61. The van der Waals surface area contributed by atoms with E-state index in [0.717, 1.165) is 22.3 Å². The van der Waals surface area contributed by atoms with Crippen LogP contribution in [0, 0.1) is 5.41 Å². The maximum atomic E-state index is 7.34. The Morgan fingerprint density at radius 3 is 2.60 bits per heavy atom. The second kappa shape index (κ2) is 6.76. The number of aromatic nitrogens is 1. The molecule has 0 unspecified atom stereocenters. The monoisotopic (exact) mass is 350 g/mol. The summed E-state index contributed by atoms with van der Waals surface area (Å²) in [4.78, 5) is 5.68. The number of nitrogens with one attached hydrogen (secondary N) is 2. The molecular formula is C20H22N4S. The zero-order chi connectivity index (χ0) is 18.0. The molecule has 128 valence electrons. The lowest BCUT2D eigenvalue weighted by Gasteiger charge is -2.18. The molecule has 25 heavy (non-hydrogen) atoms. The van der Waals surface area contributed by atoms with Crippen molar-refractivity contribution in [3.05, 3.63) is 54.2 Å². The Morgan fingerprint density at radius 1 is 1.12 bits per heavy atom. The van der Waals surface area contributed by atoms with E-state index in [9.17, 15) is 0 Å². The average molecular weight is 350 g/mol. The fraction of sp³-hybridized carbons (Fsp3) is 0.200. The molecule has 0 aliphatic carbocycles. The number of rotatable bonds is 4. The smallest absolute Gasteiger partial charge is 0.0723 e. The molecule has 0 saturated heterocycles. The molecule has 0 atom stereocenters. The molecule has 3 rings (SSSR count). The van der Waals surface area contributed by atoms with Crippen LogP contribution in [0.2, 0.25) is 0 Å². The topological polar surface area (TPSA) is 74.8 Å². The first-order chi connectivity index (χ1) is 11.9. The van der Waals surface area contributed by atoms with E-state index in [4.69, 9.17) is 11.1 Å². The summed E-state index contributed by atoms with van der Waals surface area (Å²) < 4.78 is 0.153. The molecule has 0 spiro atoms. The first-order valence-corrected chi connectivity index (χ1v) is 8.92. The number of benzene rings is 2. The van der Waals surface area contributed by atoms with Gasteiger partial charge in [0, 0.05) is 50.1 Å². The van der Waals surface area contributed by atoms with E-state index in [1.54, 1.807) is 6.20 Å². The number of nitrogen functional groups attached to an aromatic ring is 1. The van der Waals surface area contributed by atoms with Crippen LogP contribution < -0.4 is 11.1 Å². The summed E-state index contributed by atoms with van der Waals surface area (Å²) in [5.41, 5.74) is 10.1. The molecule has 2 aromatic carbocycles. The minimum absolute atomic E-state index is 0.153. The van der Waals surface area contributed by atoms with Gasteiger partial charge in [0.1, 0.15) is 0 Å².